The molecule has 1 saturated heterocycles. The fraction of sp³-hybridized carbons (Fsp3) is 0.722. The molecule has 1 unspecified atom stereocenters. The number of hydrogen-bond donors (Lipinski definition) is 2. The van der Waals surface area contributed by atoms with Crippen molar-refractivity contribution in [3.05, 3.63) is 18.0 Å². The van der Waals surface area contributed by atoms with Gasteiger partial charge in [-0.1, -0.05) is 0 Å². The Morgan fingerprint density at radius 3 is 2.44 bits per heavy atom. The second-order valence-electron chi connectivity index (χ2n) is 7.16. The third kappa shape index (κ3) is 5.62. The van der Waals surface area contributed by atoms with Gasteiger partial charge in [0.25, 0.3) is 0 Å². The standard InChI is InChI=1S/C18H29N5O2S.ClH/c1-19-16(14-11-20-22(2)12-14)17(24)21-15-5-3-13(4-6-15)18(25)23-7-9-26-10-8-23;/h11-13,15-16,19H,3-10H2,1-2H3,(H,21,24);1H. The van der Waals surface area contributed by atoms with Crippen molar-refractivity contribution in [1.29, 1.82) is 0 Å². The minimum Gasteiger partial charge on any atom is -0.352 e. The number of carbonyl (C=O) groups is 2. The molecule has 0 aromatic carbocycles. The van der Waals surface area contributed by atoms with Gasteiger partial charge in [0, 0.05) is 55.4 Å². The Morgan fingerprint density at radius 1 is 1.22 bits per heavy atom. The molecule has 2 aliphatic rings. The molecule has 1 aromatic rings. The summed E-state index contributed by atoms with van der Waals surface area (Å²) in [5.74, 6) is 2.53. The quantitative estimate of drug-likeness (QED) is 0.758. The van der Waals surface area contributed by atoms with E-state index < -0.39 is 6.04 Å². The van der Waals surface area contributed by atoms with Crippen molar-refractivity contribution < 1.29 is 9.59 Å². The molecule has 9 heteroatoms. The lowest BCUT2D eigenvalue weighted by Gasteiger charge is -2.34. The predicted molar refractivity (Wildman–Crippen MR) is 110 cm³/mol. The van der Waals surface area contributed by atoms with Crippen LogP contribution < -0.4 is 10.6 Å². The summed E-state index contributed by atoms with van der Waals surface area (Å²) in [6.07, 6.45) is 7.04. The van der Waals surface area contributed by atoms with Gasteiger partial charge in [-0.2, -0.15) is 16.9 Å². The number of thioether (sulfide) groups is 1. The van der Waals surface area contributed by atoms with Gasteiger partial charge >= 0.3 is 0 Å². The van der Waals surface area contributed by atoms with E-state index >= 15 is 0 Å². The number of amides is 2. The topological polar surface area (TPSA) is 79.3 Å². The average Bonchev–Trinajstić information content (AvgIpc) is 3.09. The molecule has 0 bridgehead atoms. The van der Waals surface area contributed by atoms with Crippen molar-refractivity contribution in [2.75, 3.05) is 31.6 Å². The Labute approximate surface area is 171 Å². The summed E-state index contributed by atoms with van der Waals surface area (Å²) in [6, 6.07) is -0.245. The van der Waals surface area contributed by atoms with Crippen molar-refractivity contribution in [3.8, 4) is 0 Å². The summed E-state index contributed by atoms with van der Waals surface area (Å²) in [4.78, 5) is 27.3. The van der Waals surface area contributed by atoms with Crippen LogP contribution in [0.4, 0.5) is 0 Å². The van der Waals surface area contributed by atoms with Crippen LogP contribution in [0.25, 0.3) is 0 Å². The highest BCUT2D eigenvalue weighted by atomic mass is 35.5. The molecule has 1 atom stereocenters. The average molecular weight is 416 g/mol. The molecule has 1 aromatic heterocycles. The Hall–Kier alpha value is -1.25. The SMILES string of the molecule is CNC(C(=O)NC1CCC(C(=O)N2CCSCC2)CC1)c1cnn(C)c1.Cl. The van der Waals surface area contributed by atoms with Gasteiger partial charge in [-0.15, -0.1) is 12.4 Å². The van der Waals surface area contributed by atoms with Crippen molar-refractivity contribution in [2.24, 2.45) is 13.0 Å². The lowest BCUT2D eigenvalue weighted by molar-refractivity contribution is -0.136. The third-order valence-corrected chi connectivity index (χ3v) is 6.30. The van der Waals surface area contributed by atoms with E-state index in [4.69, 9.17) is 0 Å². The first kappa shape index (κ1) is 22.0. The van der Waals surface area contributed by atoms with Gasteiger partial charge in [0.05, 0.1) is 6.20 Å². The highest BCUT2D eigenvalue weighted by molar-refractivity contribution is 7.99. The minimum absolute atomic E-state index is 0. The van der Waals surface area contributed by atoms with E-state index in [0.717, 1.165) is 55.8 Å². The Bertz CT molecular complexity index is 627. The maximum Gasteiger partial charge on any atom is 0.242 e. The minimum atomic E-state index is -0.395. The van der Waals surface area contributed by atoms with Crippen LogP contribution in [-0.2, 0) is 16.6 Å². The summed E-state index contributed by atoms with van der Waals surface area (Å²) in [7, 11) is 3.62. The van der Waals surface area contributed by atoms with Gasteiger partial charge in [0.15, 0.2) is 0 Å². The number of aromatic nitrogens is 2. The van der Waals surface area contributed by atoms with Crippen LogP contribution in [0.3, 0.4) is 0 Å². The Balaban J connectivity index is 0.00000261. The monoisotopic (exact) mass is 415 g/mol. The van der Waals surface area contributed by atoms with Crippen LogP contribution in [0.1, 0.15) is 37.3 Å². The predicted octanol–water partition coefficient (Wildman–Crippen LogP) is 1.35. The Kier molecular flexibility index (Phi) is 8.44. The molecule has 2 amide bonds. The van der Waals surface area contributed by atoms with Gasteiger partial charge in [-0.3, -0.25) is 14.3 Å². The number of rotatable bonds is 5. The zero-order chi connectivity index (χ0) is 18.5. The van der Waals surface area contributed by atoms with E-state index in [-0.39, 0.29) is 30.3 Å². The summed E-state index contributed by atoms with van der Waals surface area (Å²) in [5, 5.41) is 10.4. The summed E-state index contributed by atoms with van der Waals surface area (Å²) in [5.41, 5.74) is 0.860. The zero-order valence-electron chi connectivity index (χ0n) is 16.0. The first-order valence-electron chi connectivity index (χ1n) is 9.41. The maximum absolute atomic E-state index is 12.6. The molecular formula is C18H30ClN5O2S. The van der Waals surface area contributed by atoms with E-state index in [1.165, 1.54) is 0 Å². The van der Waals surface area contributed by atoms with E-state index in [2.05, 4.69) is 15.7 Å². The first-order valence-corrected chi connectivity index (χ1v) is 10.6. The molecule has 1 saturated carbocycles. The lowest BCUT2D eigenvalue weighted by Crippen LogP contribution is -2.46. The van der Waals surface area contributed by atoms with Crippen LogP contribution >= 0.6 is 24.2 Å². The van der Waals surface area contributed by atoms with Crippen LogP contribution in [-0.4, -0.2) is 64.2 Å². The Morgan fingerprint density at radius 2 is 1.89 bits per heavy atom. The maximum atomic E-state index is 12.6. The number of carbonyl (C=O) groups excluding carboxylic acids is 2. The second kappa shape index (κ2) is 10.3. The number of halogens is 1. The number of nitrogens with one attached hydrogen (secondary N) is 2. The van der Waals surface area contributed by atoms with E-state index in [1.807, 2.05) is 29.9 Å². The number of hydrogen-bond acceptors (Lipinski definition) is 5. The van der Waals surface area contributed by atoms with Crippen LogP contribution in [0.15, 0.2) is 12.4 Å². The third-order valence-electron chi connectivity index (χ3n) is 5.35. The molecular weight excluding hydrogens is 386 g/mol. The highest BCUT2D eigenvalue weighted by Crippen LogP contribution is 2.27. The van der Waals surface area contributed by atoms with Crippen LogP contribution in [0.2, 0.25) is 0 Å². The van der Waals surface area contributed by atoms with Crippen molar-refractivity contribution in [2.45, 2.75) is 37.8 Å². The smallest absolute Gasteiger partial charge is 0.242 e. The zero-order valence-corrected chi connectivity index (χ0v) is 17.7. The molecule has 0 spiro atoms. The van der Waals surface area contributed by atoms with Crippen LogP contribution in [0.5, 0.6) is 0 Å². The van der Waals surface area contributed by atoms with Gasteiger partial charge in [0.2, 0.25) is 11.8 Å². The molecule has 0 radical (unpaired) electrons. The number of aryl methyl sites for hydroxylation is 1. The molecule has 3 rings (SSSR count). The fourth-order valence-corrected chi connectivity index (χ4v) is 4.75. The van der Waals surface area contributed by atoms with Gasteiger partial charge in [-0.05, 0) is 32.7 Å². The lowest BCUT2D eigenvalue weighted by atomic mass is 9.85. The van der Waals surface area contributed by atoms with Crippen molar-refractivity contribution in [1.82, 2.24) is 25.3 Å². The molecule has 7 nitrogen and oxygen atoms in total. The first-order chi connectivity index (χ1) is 12.6. The number of likely N-dealkylation sites (N-methyl/N-ethyl adjacent to an activating group) is 1. The van der Waals surface area contributed by atoms with E-state index in [9.17, 15) is 9.59 Å². The van der Waals surface area contributed by atoms with Gasteiger partial charge in [-0.25, -0.2) is 0 Å². The highest BCUT2D eigenvalue weighted by Gasteiger charge is 2.31. The largest absolute Gasteiger partial charge is 0.352 e. The van der Waals surface area contributed by atoms with Crippen molar-refractivity contribution >= 4 is 36.0 Å². The normalized spacial score (nSPS) is 24.0. The molecule has 1 aliphatic carbocycles. The molecule has 2 heterocycles. The molecule has 27 heavy (non-hydrogen) atoms. The summed E-state index contributed by atoms with van der Waals surface area (Å²) >= 11 is 1.92. The van der Waals surface area contributed by atoms with Gasteiger partial charge in [0.1, 0.15) is 6.04 Å². The molecule has 2 fully saturated rings. The summed E-state index contributed by atoms with van der Waals surface area (Å²) in [6.45, 7) is 1.77. The van der Waals surface area contributed by atoms with Gasteiger partial charge < -0.3 is 15.5 Å². The molecule has 152 valence electrons. The van der Waals surface area contributed by atoms with Crippen LogP contribution in [0, 0.1) is 5.92 Å². The van der Waals surface area contributed by atoms with E-state index in [1.54, 1.807) is 17.9 Å². The fourth-order valence-electron chi connectivity index (χ4n) is 3.85. The van der Waals surface area contributed by atoms with Crippen molar-refractivity contribution in [3.63, 3.8) is 0 Å². The molecule has 2 N–H and O–H groups in total. The second-order valence-corrected chi connectivity index (χ2v) is 8.39. The van der Waals surface area contributed by atoms with E-state index in [0.29, 0.717) is 5.91 Å². The number of nitrogens with zero attached hydrogens (tertiary/aromatic N) is 3. The summed E-state index contributed by atoms with van der Waals surface area (Å²) < 4.78 is 1.70. The molecule has 1 aliphatic heterocycles.